The molecule has 0 aromatic heterocycles. The first kappa shape index (κ1) is 51.3. The minimum Gasteiger partial charge on any atom is -0.458 e. The highest BCUT2D eigenvalue weighted by Crippen LogP contribution is 2.43. The largest absolute Gasteiger partial charge is 0.458 e. The normalized spacial score (nSPS) is 43.3. The fourth-order valence-electron chi connectivity index (χ4n) is 10.2. The topological polar surface area (TPSA) is 193 Å². The first-order chi connectivity index (χ1) is 28.9. The van der Waals surface area contributed by atoms with Crippen molar-refractivity contribution < 1.29 is 71.3 Å². The maximum absolute atomic E-state index is 14.7. The Hall–Kier alpha value is -3.37. The lowest BCUT2D eigenvalue weighted by Gasteiger charge is -2.50. The van der Waals surface area contributed by atoms with Crippen LogP contribution in [-0.4, -0.2) is 147 Å². The second kappa shape index (κ2) is 20.6. The highest BCUT2D eigenvalue weighted by atomic mass is 16.7. The highest BCUT2D eigenvalue weighted by molar-refractivity contribution is 5.85. The number of methoxy groups -OCH3 is 1. The molecule has 0 saturated carbocycles. The summed E-state index contributed by atoms with van der Waals surface area (Å²) in [6, 6.07) is -1.18. The molecule has 0 aromatic rings. The summed E-state index contributed by atoms with van der Waals surface area (Å²) in [6.07, 6.45) is -2.09. The molecule has 0 unspecified atom stereocenters. The summed E-state index contributed by atoms with van der Waals surface area (Å²) in [7, 11) is 5.26. The SMILES string of the molecule is C#CCO[C@@]1(C)C[C@@H](C)C(=O)[C@H](C)[C@H]2NC(=O)O[C@]2(C)[C@@H](CC)OC(=O)[C@H](C)[C@@H](O[C@H]2C[C@@](C)(OC)[C@@H](OC(C)=O)[C@H](C)O2)[C@H](C)[C@H]1O[C@@H]1O[C@H](C)C[C@H](N(C)C)[C@H]1OC(C)=O. The Morgan fingerprint density at radius 1 is 0.887 bits per heavy atom. The van der Waals surface area contributed by atoms with E-state index in [1.807, 2.05) is 32.8 Å². The molecule has 1 amide bonds. The highest BCUT2D eigenvalue weighted by Gasteiger charge is 2.58. The van der Waals surface area contributed by atoms with Crippen LogP contribution in [0.5, 0.6) is 0 Å². The van der Waals surface area contributed by atoms with Crippen molar-refractivity contribution in [2.75, 3.05) is 27.8 Å². The zero-order valence-corrected chi connectivity index (χ0v) is 39.3. The number of alkyl carbamates (subject to hydrolysis) is 1. The van der Waals surface area contributed by atoms with Crippen LogP contribution < -0.4 is 5.32 Å². The number of hydrogen-bond acceptors (Lipinski definition) is 16. The lowest BCUT2D eigenvalue weighted by atomic mass is 9.73. The molecule has 4 aliphatic heterocycles. The van der Waals surface area contributed by atoms with Crippen molar-refractivity contribution in [3.63, 3.8) is 0 Å². The van der Waals surface area contributed by atoms with E-state index >= 15 is 0 Å². The van der Waals surface area contributed by atoms with Crippen LogP contribution in [0.3, 0.4) is 0 Å². The Labute approximate surface area is 367 Å². The summed E-state index contributed by atoms with van der Waals surface area (Å²) < 4.78 is 63.3. The van der Waals surface area contributed by atoms with Gasteiger partial charge in [-0.25, -0.2) is 4.79 Å². The third-order valence-electron chi connectivity index (χ3n) is 13.4. The Kier molecular flexibility index (Phi) is 17.1. The van der Waals surface area contributed by atoms with Gasteiger partial charge < -0.3 is 57.6 Å². The molecule has 17 heteroatoms. The monoisotopic (exact) mass is 880 g/mol. The predicted octanol–water partition coefficient (Wildman–Crippen LogP) is 4.34. The number of terminal acetylenes is 1. The van der Waals surface area contributed by atoms with Crippen molar-refractivity contribution in [2.45, 2.75) is 193 Å². The van der Waals surface area contributed by atoms with Crippen LogP contribution in [0, 0.1) is 36.0 Å². The molecule has 4 heterocycles. The number of Topliss-reactive ketones (excluding diaryl/α,β-unsaturated/α-hetero) is 1. The standard InChI is InChI=1S/C45H72N2O15/c1-17-19-54-44(12)21-23(3)34(50)25(5)37-45(13,62-42(52)46-37)32(18-2)59-40(51)27(7)35(60-33-22-43(11,53-16)39(28(8)56-33)58-30(10)49)26(6)38(44)61-41-36(57-29(9)48)31(47(14)15)20-24(4)55-41/h1,23-28,31-33,35-39,41H,18-22H2,2-16H3,(H,46,52)/t23-,24-,25+,26+,27-,28+,31+,32-,33+,35+,36-,37-,38-,39+,41+,43-,44+,45-/m1/s1. The summed E-state index contributed by atoms with van der Waals surface area (Å²) >= 11 is 0. The van der Waals surface area contributed by atoms with Crippen LogP contribution in [0.4, 0.5) is 4.79 Å². The molecular weight excluding hydrogens is 808 g/mol. The molecule has 1 N–H and O–H groups in total. The van der Waals surface area contributed by atoms with E-state index in [-0.39, 0.29) is 43.8 Å². The first-order valence-electron chi connectivity index (χ1n) is 21.8. The number of nitrogens with one attached hydrogen (secondary N) is 1. The van der Waals surface area contributed by atoms with E-state index in [2.05, 4.69) is 11.2 Å². The van der Waals surface area contributed by atoms with Crippen LogP contribution >= 0.6 is 0 Å². The van der Waals surface area contributed by atoms with Crippen LogP contribution in [-0.2, 0) is 66.5 Å². The van der Waals surface area contributed by atoms with Gasteiger partial charge in [-0.05, 0) is 74.9 Å². The number of carbonyl (C=O) groups excluding carboxylic acids is 5. The quantitative estimate of drug-likeness (QED) is 0.175. The molecule has 0 bridgehead atoms. The number of ketones is 1. The van der Waals surface area contributed by atoms with Gasteiger partial charge in [0.25, 0.3) is 0 Å². The van der Waals surface area contributed by atoms with Gasteiger partial charge in [0.15, 0.2) is 30.4 Å². The number of ether oxygens (including phenoxy) is 10. The first-order valence-corrected chi connectivity index (χ1v) is 21.8. The predicted molar refractivity (Wildman–Crippen MR) is 223 cm³/mol. The smallest absolute Gasteiger partial charge is 0.408 e. The summed E-state index contributed by atoms with van der Waals surface area (Å²) in [5.74, 6) is -2.80. The van der Waals surface area contributed by atoms with Crippen molar-refractivity contribution in [3.05, 3.63) is 0 Å². The fraction of sp³-hybridized carbons (Fsp3) is 0.844. The summed E-state index contributed by atoms with van der Waals surface area (Å²) in [5, 5.41) is 2.82. The average molecular weight is 881 g/mol. The number of fused-ring (bicyclic) bond motifs is 1. The Balaban J connectivity index is 1.95. The van der Waals surface area contributed by atoms with Gasteiger partial charge in [0.1, 0.15) is 24.1 Å². The van der Waals surface area contributed by atoms with Crippen molar-refractivity contribution >= 4 is 29.8 Å². The van der Waals surface area contributed by atoms with Gasteiger partial charge in [-0.15, -0.1) is 6.42 Å². The van der Waals surface area contributed by atoms with Crippen LogP contribution in [0.2, 0.25) is 0 Å². The van der Waals surface area contributed by atoms with Gasteiger partial charge in [-0.3, -0.25) is 19.2 Å². The second-order valence-electron chi connectivity index (χ2n) is 18.6. The number of rotatable bonds is 11. The molecule has 0 radical (unpaired) electrons. The van der Waals surface area contributed by atoms with Crippen molar-refractivity contribution in [3.8, 4) is 12.3 Å². The molecule has 0 aliphatic carbocycles. The van der Waals surface area contributed by atoms with E-state index in [0.29, 0.717) is 6.42 Å². The second-order valence-corrected chi connectivity index (χ2v) is 18.6. The molecule has 18 atom stereocenters. The number of likely N-dealkylation sites (N-methyl/N-ethyl adjacent to an activating group) is 1. The number of amides is 1. The van der Waals surface area contributed by atoms with E-state index in [9.17, 15) is 24.0 Å². The lowest BCUT2D eigenvalue weighted by Crippen LogP contribution is -2.62. The molecule has 0 aromatic carbocycles. The van der Waals surface area contributed by atoms with Gasteiger partial charge in [0.2, 0.25) is 0 Å². The van der Waals surface area contributed by atoms with Gasteiger partial charge >= 0.3 is 24.0 Å². The molecule has 4 fully saturated rings. The Morgan fingerprint density at radius 2 is 1.53 bits per heavy atom. The van der Waals surface area contributed by atoms with Gasteiger partial charge in [0, 0.05) is 45.1 Å². The maximum Gasteiger partial charge on any atom is 0.408 e. The van der Waals surface area contributed by atoms with Crippen molar-refractivity contribution in [1.29, 1.82) is 0 Å². The Bertz CT molecular complexity index is 1650. The molecule has 17 nitrogen and oxygen atoms in total. The number of cyclic esters (lactones) is 1. The third-order valence-corrected chi connectivity index (χ3v) is 13.4. The molecule has 0 spiro atoms. The molecular formula is C45H72N2O15. The van der Waals surface area contributed by atoms with Crippen LogP contribution in [0.1, 0.15) is 109 Å². The van der Waals surface area contributed by atoms with Crippen LogP contribution in [0.15, 0.2) is 0 Å². The van der Waals surface area contributed by atoms with E-state index in [4.69, 9.17) is 53.8 Å². The lowest BCUT2D eigenvalue weighted by molar-refractivity contribution is -0.321. The van der Waals surface area contributed by atoms with Gasteiger partial charge in [0.05, 0.1) is 48.0 Å². The number of hydrogen-bond donors (Lipinski definition) is 1. The molecule has 62 heavy (non-hydrogen) atoms. The zero-order valence-electron chi connectivity index (χ0n) is 39.3. The minimum absolute atomic E-state index is 0.0498. The van der Waals surface area contributed by atoms with Gasteiger partial charge in [-0.1, -0.05) is 33.6 Å². The summed E-state index contributed by atoms with van der Waals surface area (Å²) in [4.78, 5) is 69.1. The third kappa shape index (κ3) is 11.1. The van der Waals surface area contributed by atoms with E-state index in [0.717, 1.165) is 0 Å². The van der Waals surface area contributed by atoms with Gasteiger partial charge in [-0.2, -0.15) is 0 Å². The minimum atomic E-state index is -1.42. The fourth-order valence-corrected chi connectivity index (χ4v) is 10.2. The van der Waals surface area contributed by atoms with E-state index in [1.54, 1.807) is 55.4 Å². The average Bonchev–Trinajstić information content (AvgIpc) is 3.51. The zero-order chi connectivity index (χ0) is 46.6. The number of carbonyl (C=O) groups is 5. The molecule has 352 valence electrons. The number of nitrogens with zero attached hydrogens (tertiary/aromatic N) is 1. The molecule has 4 rings (SSSR count). The van der Waals surface area contributed by atoms with Crippen molar-refractivity contribution in [1.82, 2.24) is 10.2 Å². The Morgan fingerprint density at radius 3 is 2.10 bits per heavy atom. The summed E-state index contributed by atoms with van der Waals surface area (Å²) in [6.45, 7) is 20.1. The molecule has 4 aliphatic rings. The van der Waals surface area contributed by atoms with E-state index in [1.165, 1.54) is 21.0 Å². The molecule has 4 saturated heterocycles. The maximum atomic E-state index is 14.7. The van der Waals surface area contributed by atoms with Crippen LogP contribution in [0.25, 0.3) is 0 Å². The summed E-state index contributed by atoms with van der Waals surface area (Å²) in [5.41, 5.74) is -3.91. The van der Waals surface area contributed by atoms with Crippen molar-refractivity contribution in [2.24, 2.45) is 23.7 Å². The number of esters is 3. The van der Waals surface area contributed by atoms with E-state index < -0.39 is 120 Å².